The highest BCUT2D eigenvalue weighted by molar-refractivity contribution is 5.83. The van der Waals surface area contributed by atoms with Crippen molar-refractivity contribution in [2.45, 2.75) is 25.7 Å². The van der Waals surface area contributed by atoms with Crippen molar-refractivity contribution in [3.05, 3.63) is 39.7 Å². The summed E-state index contributed by atoms with van der Waals surface area (Å²) in [7, 11) is 1.82. The normalized spacial score (nSPS) is 20.3. The van der Waals surface area contributed by atoms with Crippen LogP contribution in [0.15, 0.2) is 27.4 Å². The average Bonchev–Trinajstić information content (AvgIpc) is 3.14. The molecule has 1 aliphatic heterocycles. The molecule has 0 spiro atoms. The number of rotatable bonds is 3. The Morgan fingerprint density at radius 3 is 2.87 bits per heavy atom. The van der Waals surface area contributed by atoms with E-state index in [1.165, 1.54) is 0 Å². The lowest BCUT2D eigenvalue weighted by Crippen LogP contribution is -2.20. The molecular formula is C18H19NO4. The molecule has 0 radical (unpaired) electrons. The van der Waals surface area contributed by atoms with Gasteiger partial charge in [0.2, 0.25) is 5.91 Å². The zero-order valence-corrected chi connectivity index (χ0v) is 13.1. The lowest BCUT2D eigenvalue weighted by Gasteiger charge is -2.13. The molecular weight excluding hydrogens is 294 g/mol. The first kappa shape index (κ1) is 14.3. The number of hydrogen-bond donors (Lipinski definition) is 0. The molecule has 2 heterocycles. The topological polar surface area (TPSA) is 59.8 Å². The molecule has 1 aliphatic carbocycles. The van der Waals surface area contributed by atoms with E-state index < -0.39 is 0 Å². The van der Waals surface area contributed by atoms with Gasteiger partial charge in [0.1, 0.15) is 11.3 Å². The fraction of sp³-hybridized carbons (Fsp3) is 0.444. The van der Waals surface area contributed by atoms with Crippen molar-refractivity contribution in [1.82, 2.24) is 4.90 Å². The minimum absolute atomic E-state index is 0.178. The van der Waals surface area contributed by atoms with Gasteiger partial charge in [0.25, 0.3) is 0 Å². The van der Waals surface area contributed by atoms with E-state index in [4.69, 9.17) is 9.15 Å². The Morgan fingerprint density at radius 2 is 2.09 bits per heavy atom. The van der Waals surface area contributed by atoms with Gasteiger partial charge in [0, 0.05) is 36.9 Å². The van der Waals surface area contributed by atoms with Crippen molar-refractivity contribution >= 4 is 16.9 Å². The maximum Gasteiger partial charge on any atom is 0.339 e. The molecule has 1 aromatic heterocycles. The third-order valence-electron chi connectivity index (χ3n) is 4.85. The van der Waals surface area contributed by atoms with Gasteiger partial charge in [-0.05, 0) is 43.0 Å². The third kappa shape index (κ3) is 2.50. The maximum atomic E-state index is 11.9. The number of ether oxygens (including phenoxy) is 1. The molecule has 0 N–H and O–H groups in total. The Bertz CT molecular complexity index is 839. The van der Waals surface area contributed by atoms with Crippen LogP contribution in [-0.2, 0) is 17.6 Å². The van der Waals surface area contributed by atoms with E-state index >= 15 is 0 Å². The van der Waals surface area contributed by atoms with Crippen LogP contribution in [0.1, 0.15) is 24.0 Å². The van der Waals surface area contributed by atoms with Crippen LogP contribution in [0.3, 0.4) is 0 Å². The van der Waals surface area contributed by atoms with E-state index in [0.29, 0.717) is 18.6 Å². The molecule has 5 nitrogen and oxygen atoms in total. The van der Waals surface area contributed by atoms with E-state index in [-0.39, 0.29) is 17.5 Å². The summed E-state index contributed by atoms with van der Waals surface area (Å²) in [5.41, 5.74) is 2.35. The van der Waals surface area contributed by atoms with Crippen LogP contribution < -0.4 is 10.4 Å². The fourth-order valence-electron chi connectivity index (χ4n) is 3.63. The van der Waals surface area contributed by atoms with Crippen LogP contribution in [0.4, 0.5) is 0 Å². The standard InChI is InChI=1S/C18H19NO4/c1-19-9-11(7-17(19)20)10-22-12-5-6-16-15(8-12)13-3-2-4-14(13)18(21)23-16/h5-6,8,11H,2-4,7,9-10H2,1H3. The van der Waals surface area contributed by atoms with E-state index in [1.54, 1.807) is 11.0 Å². The highest BCUT2D eigenvalue weighted by Gasteiger charge is 2.27. The Hall–Kier alpha value is -2.30. The van der Waals surface area contributed by atoms with Crippen LogP contribution in [0, 0.1) is 5.92 Å². The monoisotopic (exact) mass is 313 g/mol. The van der Waals surface area contributed by atoms with Gasteiger partial charge in [-0.2, -0.15) is 0 Å². The summed E-state index contributed by atoms with van der Waals surface area (Å²) < 4.78 is 11.3. The van der Waals surface area contributed by atoms with E-state index in [0.717, 1.165) is 48.1 Å². The number of nitrogens with zero attached hydrogens (tertiary/aromatic N) is 1. The van der Waals surface area contributed by atoms with Crippen molar-refractivity contribution in [2.24, 2.45) is 5.92 Å². The van der Waals surface area contributed by atoms with Gasteiger partial charge in [0.15, 0.2) is 0 Å². The van der Waals surface area contributed by atoms with Gasteiger partial charge in [0.05, 0.1) is 6.61 Å². The Balaban J connectivity index is 1.58. The van der Waals surface area contributed by atoms with Gasteiger partial charge in [-0.25, -0.2) is 4.79 Å². The number of amides is 1. The zero-order chi connectivity index (χ0) is 16.0. The maximum absolute atomic E-state index is 11.9. The molecule has 5 heteroatoms. The van der Waals surface area contributed by atoms with Crippen LogP contribution in [-0.4, -0.2) is 31.0 Å². The van der Waals surface area contributed by atoms with E-state index in [2.05, 4.69) is 0 Å². The van der Waals surface area contributed by atoms with E-state index in [9.17, 15) is 9.59 Å². The van der Waals surface area contributed by atoms with Crippen molar-refractivity contribution in [2.75, 3.05) is 20.2 Å². The largest absolute Gasteiger partial charge is 0.493 e. The fourth-order valence-corrected chi connectivity index (χ4v) is 3.63. The second-order valence-corrected chi connectivity index (χ2v) is 6.51. The number of carbonyl (C=O) groups is 1. The smallest absolute Gasteiger partial charge is 0.339 e. The highest BCUT2D eigenvalue weighted by Crippen LogP contribution is 2.30. The first-order chi connectivity index (χ1) is 11.1. The summed E-state index contributed by atoms with van der Waals surface area (Å²) in [4.78, 5) is 25.2. The Morgan fingerprint density at radius 1 is 1.26 bits per heavy atom. The summed E-state index contributed by atoms with van der Waals surface area (Å²) in [6, 6.07) is 5.59. The van der Waals surface area contributed by atoms with Crippen molar-refractivity contribution < 1.29 is 13.9 Å². The van der Waals surface area contributed by atoms with Crippen molar-refractivity contribution in [1.29, 1.82) is 0 Å². The molecule has 120 valence electrons. The Kier molecular flexibility index (Phi) is 3.36. The van der Waals surface area contributed by atoms with Gasteiger partial charge in [-0.15, -0.1) is 0 Å². The van der Waals surface area contributed by atoms with Crippen LogP contribution >= 0.6 is 0 Å². The number of fused-ring (bicyclic) bond motifs is 3. The number of aryl methyl sites for hydroxylation is 1. The molecule has 1 fully saturated rings. The van der Waals surface area contributed by atoms with Crippen LogP contribution in [0.5, 0.6) is 5.75 Å². The van der Waals surface area contributed by atoms with E-state index in [1.807, 2.05) is 19.2 Å². The minimum atomic E-state index is -0.203. The minimum Gasteiger partial charge on any atom is -0.493 e. The summed E-state index contributed by atoms with van der Waals surface area (Å²) in [5.74, 6) is 1.18. The summed E-state index contributed by atoms with van der Waals surface area (Å²) >= 11 is 0. The summed E-state index contributed by atoms with van der Waals surface area (Å²) in [6.45, 7) is 1.28. The van der Waals surface area contributed by atoms with Crippen LogP contribution in [0.2, 0.25) is 0 Å². The SMILES string of the molecule is CN1CC(COc2ccc3oc(=O)c4c(c3c2)CCC4)CC1=O. The molecule has 1 amide bonds. The highest BCUT2D eigenvalue weighted by atomic mass is 16.5. The molecule has 1 saturated heterocycles. The predicted octanol–water partition coefficient (Wildman–Crippen LogP) is 2.14. The molecule has 23 heavy (non-hydrogen) atoms. The predicted molar refractivity (Wildman–Crippen MR) is 85.7 cm³/mol. The van der Waals surface area contributed by atoms with Crippen molar-refractivity contribution in [3.8, 4) is 5.75 Å². The second-order valence-electron chi connectivity index (χ2n) is 6.51. The summed E-state index contributed by atoms with van der Waals surface area (Å²) in [5, 5.41) is 0.981. The molecule has 2 aliphatic rings. The summed E-state index contributed by atoms with van der Waals surface area (Å²) in [6.07, 6.45) is 3.27. The Labute approximate surface area is 133 Å². The second kappa shape index (κ2) is 5.41. The molecule has 4 rings (SSSR count). The van der Waals surface area contributed by atoms with Crippen molar-refractivity contribution in [3.63, 3.8) is 0 Å². The molecule has 0 saturated carbocycles. The lowest BCUT2D eigenvalue weighted by atomic mass is 10.1. The quantitative estimate of drug-likeness (QED) is 0.815. The van der Waals surface area contributed by atoms with Gasteiger partial charge in [-0.3, -0.25) is 4.79 Å². The lowest BCUT2D eigenvalue weighted by molar-refractivity contribution is -0.126. The van der Waals surface area contributed by atoms with Crippen LogP contribution in [0.25, 0.3) is 11.0 Å². The molecule has 1 unspecified atom stereocenters. The van der Waals surface area contributed by atoms with Gasteiger partial charge < -0.3 is 14.1 Å². The first-order valence-corrected chi connectivity index (χ1v) is 8.07. The van der Waals surface area contributed by atoms with Gasteiger partial charge >= 0.3 is 5.63 Å². The molecule has 0 bridgehead atoms. The number of carbonyl (C=O) groups excluding carboxylic acids is 1. The first-order valence-electron chi connectivity index (χ1n) is 8.07. The number of likely N-dealkylation sites (tertiary alicyclic amines) is 1. The average molecular weight is 313 g/mol. The molecule has 1 aromatic carbocycles. The van der Waals surface area contributed by atoms with Gasteiger partial charge in [-0.1, -0.05) is 0 Å². The number of hydrogen-bond acceptors (Lipinski definition) is 4. The third-order valence-corrected chi connectivity index (χ3v) is 4.85. The zero-order valence-electron chi connectivity index (χ0n) is 13.1. The number of benzene rings is 1. The molecule has 1 atom stereocenters. The molecule has 2 aromatic rings.